The lowest BCUT2D eigenvalue weighted by atomic mass is 10.0. The first-order valence-electron chi connectivity index (χ1n) is 10.4. The summed E-state index contributed by atoms with van der Waals surface area (Å²) in [7, 11) is 0. The molecule has 0 bridgehead atoms. The van der Waals surface area contributed by atoms with Crippen LogP contribution in [-0.4, -0.2) is 16.5 Å². The lowest BCUT2D eigenvalue weighted by molar-refractivity contribution is -0.113. The minimum Gasteiger partial charge on any atom is -0.293 e. The molecule has 0 N–H and O–H groups in total. The van der Waals surface area contributed by atoms with Crippen LogP contribution in [0.5, 0.6) is 0 Å². The minimum atomic E-state index is -0.265. The minimum absolute atomic E-state index is 0.0681. The molecule has 0 radical (unpaired) electrons. The van der Waals surface area contributed by atoms with Gasteiger partial charge in [0.25, 0.3) is 0 Å². The standard InChI is InChI=1S/C26H27FN2O/c1-19-17-23(22-13-15-24(27)16-14-22)18-28-26(19)29-20(2)25(30)12-8-4-7-11-21-9-5-3-6-10-21/h3,5-6,9-10,13-18H,4,7-8,11-12H2,1-2H3. The van der Waals surface area contributed by atoms with Crippen LogP contribution >= 0.6 is 0 Å². The maximum absolute atomic E-state index is 13.1. The molecule has 0 fully saturated rings. The predicted molar refractivity (Wildman–Crippen MR) is 121 cm³/mol. The molecular weight excluding hydrogens is 375 g/mol. The number of ketones is 1. The van der Waals surface area contributed by atoms with Crippen LogP contribution in [0.4, 0.5) is 10.2 Å². The van der Waals surface area contributed by atoms with Gasteiger partial charge in [0.1, 0.15) is 5.82 Å². The van der Waals surface area contributed by atoms with Gasteiger partial charge >= 0.3 is 0 Å². The van der Waals surface area contributed by atoms with Gasteiger partial charge in [-0.05, 0) is 68.0 Å². The second kappa shape index (κ2) is 10.6. The van der Waals surface area contributed by atoms with Gasteiger partial charge in [-0.15, -0.1) is 0 Å². The quantitative estimate of drug-likeness (QED) is 0.297. The van der Waals surface area contributed by atoms with Crippen molar-refractivity contribution in [1.82, 2.24) is 4.98 Å². The molecule has 0 atom stereocenters. The van der Waals surface area contributed by atoms with Crippen molar-refractivity contribution in [2.75, 3.05) is 0 Å². The number of rotatable bonds is 9. The number of hydrogen-bond acceptors (Lipinski definition) is 3. The van der Waals surface area contributed by atoms with Crippen molar-refractivity contribution in [3.8, 4) is 11.1 Å². The summed E-state index contributed by atoms with van der Waals surface area (Å²) in [4.78, 5) is 21.3. The Kier molecular flexibility index (Phi) is 7.61. The second-order valence-electron chi connectivity index (χ2n) is 7.54. The Morgan fingerprint density at radius 3 is 2.40 bits per heavy atom. The molecule has 0 aliphatic rings. The highest BCUT2D eigenvalue weighted by molar-refractivity contribution is 6.39. The van der Waals surface area contributed by atoms with Crippen LogP contribution in [0.3, 0.4) is 0 Å². The highest BCUT2D eigenvalue weighted by atomic mass is 19.1. The van der Waals surface area contributed by atoms with Gasteiger partial charge < -0.3 is 0 Å². The summed E-state index contributed by atoms with van der Waals surface area (Å²) in [6.45, 7) is 3.67. The Morgan fingerprint density at radius 2 is 1.70 bits per heavy atom. The molecule has 0 spiro atoms. The number of unbranched alkanes of at least 4 members (excludes halogenated alkanes) is 2. The maximum atomic E-state index is 13.1. The van der Waals surface area contributed by atoms with Gasteiger partial charge in [-0.3, -0.25) is 4.79 Å². The van der Waals surface area contributed by atoms with Crippen molar-refractivity contribution in [3.63, 3.8) is 0 Å². The van der Waals surface area contributed by atoms with Crippen molar-refractivity contribution in [3.05, 3.63) is 83.8 Å². The van der Waals surface area contributed by atoms with Gasteiger partial charge in [0.15, 0.2) is 11.6 Å². The fourth-order valence-electron chi connectivity index (χ4n) is 3.32. The van der Waals surface area contributed by atoms with Crippen molar-refractivity contribution < 1.29 is 9.18 Å². The van der Waals surface area contributed by atoms with E-state index < -0.39 is 0 Å². The van der Waals surface area contributed by atoms with Gasteiger partial charge in [0, 0.05) is 18.2 Å². The summed E-state index contributed by atoms with van der Waals surface area (Å²) >= 11 is 0. The molecule has 1 heterocycles. The average Bonchev–Trinajstić information content (AvgIpc) is 2.76. The smallest absolute Gasteiger partial charge is 0.176 e. The zero-order chi connectivity index (χ0) is 21.3. The molecule has 0 aliphatic heterocycles. The van der Waals surface area contributed by atoms with Crippen molar-refractivity contribution in [1.29, 1.82) is 0 Å². The van der Waals surface area contributed by atoms with Gasteiger partial charge in [-0.1, -0.05) is 48.9 Å². The third-order valence-corrected chi connectivity index (χ3v) is 5.12. The first kappa shape index (κ1) is 21.6. The summed E-state index contributed by atoms with van der Waals surface area (Å²) < 4.78 is 13.1. The normalized spacial score (nSPS) is 11.5. The summed E-state index contributed by atoms with van der Waals surface area (Å²) in [5, 5.41) is 0. The second-order valence-corrected chi connectivity index (χ2v) is 7.54. The molecule has 3 rings (SSSR count). The molecule has 0 saturated carbocycles. The Balaban J connectivity index is 1.52. The van der Waals surface area contributed by atoms with Crippen LogP contribution in [-0.2, 0) is 11.2 Å². The lowest BCUT2D eigenvalue weighted by Gasteiger charge is -2.06. The molecule has 30 heavy (non-hydrogen) atoms. The molecule has 0 unspecified atom stereocenters. The van der Waals surface area contributed by atoms with Crippen LogP contribution < -0.4 is 0 Å². The molecule has 0 amide bonds. The first-order chi connectivity index (χ1) is 14.5. The molecule has 1 aromatic heterocycles. The van der Waals surface area contributed by atoms with Crippen LogP contribution in [0.2, 0.25) is 0 Å². The number of benzene rings is 2. The topological polar surface area (TPSA) is 42.3 Å². The van der Waals surface area contributed by atoms with E-state index in [9.17, 15) is 9.18 Å². The fourth-order valence-corrected chi connectivity index (χ4v) is 3.32. The number of aliphatic imine (C=N–C) groups is 1. The molecule has 3 aromatic rings. The van der Waals surface area contributed by atoms with E-state index in [-0.39, 0.29) is 11.6 Å². The number of carbonyl (C=O) groups is 1. The number of pyridine rings is 1. The number of aromatic nitrogens is 1. The van der Waals surface area contributed by atoms with Gasteiger partial charge in [0.2, 0.25) is 0 Å². The average molecular weight is 403 g/mol. The Bertz CT molecular complexity index is 1010. The molecule has 0 saturated heterocycles. The third kappa shape index (κ3) is 6.18. The summed E-state index contributed by atoms with van der Waals surface area (Å²) in [6.07, 6.45) is 6.24. The highest BCUT2D eigenvalue weighted by Gasteiger charge is 2.09. The molecule has 2 aromatic carbocycles. The zero-order valence-corrected chi connectivity index (χ0v) is 17.6. The fraction of sp³-hybridized carbons (Fsp3) is 0.269. The largest absolute Gasteiger partial charge is 0.293 e. The Labute approximate surface area is 177 Å². The van der Waals surface area contributed by atoms with Crippen LogP contribution in [0.15, 0.2) is 71.9 Å². The number of hydrogen-bond donors (Lipinski definition) is 0. The molecule has 0 aliphatic carbocycles. The Morgan fingerprint density at radius 1 is 0.967 bits per heavy atom. The predicted octanol–water partition coefficient (Wildman–Crippen LogP) is 6.66. The summed E-state index contributed by atoms with van der Waals surface area (Å²) in [6, 6.07) is 18.7. The van der Waals surface area contributed by atoms with E-state index in [1.54, 1.807) is 25.3 Å². The van der Waals surface area contributed by atoms with E-state index in [0.717, 1.165) is 42.4 Å². The number of carbonyl (C=O) groups excluding carboxylic acids is 1. The Hall–Kier alpha value is -3.14. The van der Waals surface area contributed by atoms with Gasteiger partial charge in [-0.25, -0.2) is 14.4 Å². The SMILES string of the molecule is CC(=Nc1ncc(-c2ccc(F)cc2)cc1C)C(=O)CCCCCc1ccccc1. The molecule has 154 valence electrons. The van der Waals surface area contributed by atoms with E-state index >= 15 is 0 Å². The van der Waals surface area contributed by atoms with Crippen molar-refractivity contribution >= 4 is 17.3 Å². The van der Waals surface area contributed by atoms with Gasteiger partial charge in [0.05, 0.1) is 5.71 Å². The van der Waals surface area contributed by atoms with E-state index in [1.165, 1.54) is 17.7 Å². The number of nitrogens with zero attached hydrogens (tertiary/aromatic N) is 2. The van der Waals surface area contributed by atoms with E-state index in [0.29, 0.717) is 18.0 Å². The van der Waals surface area contributed by atoms with Crippen molar-refractivity contribution in [2.45, 2.75) is 46.0 Å². The zero-order valence-electron chi connectivity index (χ0n) is 17.6. The van der Waals surface area contributed by atoms with Crippen LogP contribution in [0.1, 0.15) is 43.7 Å². The molecular formula is C26H27FN2O. The van der Waals surface area contributed by atoms with Crippen LogP contribution in [0, 0.1) is 12.7 Å². The molecule has 4 heteroatoms. The van der Waals surface area contributed by atoms with E-state index in [1.807, 2.05) is 19.1 Å². The first-order valence-corrected chi connectivity index (χ1v) is 10.4. The summed E-state index contributed by atoms with van der Waals surface area (Å²) in [5.74, 6) is 0.355. The number of Topliss-reactive ketones (excluding diaryl/α,β-unsaturated/α-hetero) is 1. The molecule has 3 nitrogen and oxygen atoms in total. The van der Waals surface area contributed by atoms with Gasteiger partial charge in [-0.2, -0.15) is 0 Å². The lowest BCUT2D eigenvalue weighted by Crippen LogP contribution is -2.09. The summed E-state index contributed by atoms with van der Waals surface area (Å²) in [5.41, 5.74) is 4.50. The number of halogens is 1. The maximum Gasteiger partial charge on any atom is 0.176 e. The third-order valence-electron chi connectivity index (χ3n) is 5.12. The number of aryl methyl sites for hydroxylation is 2. The highest BCUT2D eigenvalue weighted by Crippen LogP contribution is 2.24. The van der Waals surface area contributed by atoms with Crippen molar-refractivity contribution in [2.24, 2.45) is 4.99 Å². The van der Waals surface area contributed by atoms with E-state index in [2.05, 4.69) is 34.2 Å². The van der Waals surface area contributed by atoms with Crippen LogP contribution in [0.25, 0.3) is 11.1 Å². The van der Waals surface area contributed by atoms with E-state index in [4.69, 9.17) is 0 Å². The monoisotopic (exact) mass is 402 g/mol.